The molecule has 1 amide bonds. The summed E-state index contributed by atoms with van der Waals surface area (Å²) in [6, 6.07) is 0. The van der Waals surface area contributed by atoms with E-state index in [1.807, 2.05) is 6.92 Å². The number of carbonyl (C=O) groups excluding carboxylic acids is 1. The van der Waals surface area contributed by atoms with Gasteiger partial charge in [-0.15, -0.1) is 0 Å². The summed E-state index contributed by atoms with van der Waals surface area (Å²) in [7, 11) is 0. The topological polar surface area (TPSA) is 59.2 Å². The molecule has 0 atom stereocenters. The fourth-order valence-corrected chi connectivity index (χ4v) is 2.95. The number of rotatable bonds is 3. The molecule has 0 spiro atoms. The molecule has 17 heavy (non-hydrogen) atoms. The third kappa shape index (κ3) is 3.06. The van der Waals surface area contributed by atoms with Crippen LogP contribution >= 0.6 is 11.3 Å². The molecule has 1 saturated heterocycles. The number of nitrogens with zero attached hydrogens (tertiary/aromatic N) is 2. The van der Waals surface area contributed by atoms with Gasteiger partial charge in [-0.3, -0.25) is 4.79 Å². The summed E-state index contributed by atoms with van der Waals surface area (Å²) < 4.78 is 0. The summed E-state index contributed by atoms with van der Waals surface area (Å²) in [5.41, 5.74) is 6.05. The normalized spacial score (nSPS) is 16.6. The van der Waals surface area contributed by atoms with Crippen LogP contribution in [0.25, 0.3) is 6.08 Å². The van der Waals surface area contributed by atoms with Gasteiger partial charge in [-0.1, -0.05) is 11.3 Å². The standard InChI is InChI=1S/C12H17N3OS/c1-9-10(5-6-11(13)16)17-12(14-9)15-7-3-2-4-8-15/h5-6H,2-4,7-8H2,1H3,(H2,13,16)/b6-5-. The second kappa shape index (κ2) is 5.31. The van der Waals surface area contributed by atoms with Crippen LogP contribution in [0, 0.1) is 6.92 Å². The maximum atomic E-state index is 10.7. The van der Waals surface area contributed by atoms with E-state index in [4.69, 9.17) is 5.73 Å². The molecule has 5 heteroatoms. The van der Waals surface area contributed by atoms with Crippen LogP contribution in [0.15, 0.2) is 6.08 Å². The molecule has 4 nitrogen and oxygen atoms in total. The predicted octanol–water partition coefficient (Wildman–Crippen LogP) is 1.94. The fourth-order valence-electron chi connectivity index (χ4n) is 1.93. The van der Waals surface area contributed by atoms with Crippen LogP contribution < -0.4 is 10.6 Å². The lowest BCUT2D eigenvalue weighted by molar-refractivity contribution is -0.113. The van der Waals surface area contributed by atoms with E-state index in [0.29, 0.717) is 0 Å². The predicted molar refractivity (Wildman–Crippen MR) is 71.1 cm³/mol. The number of hydrogen-bond donors (Lipinski definition) is 1. The molecule has 1 aliphatic rings. The lowest BCUT2D eigenvalue weighted by Crippen LogP contribution is -2.29. The Labute approximate surface area is 105 Å². The molecule has 1 aromatic heterocycles. The van der Waals surface area contributed by atoms with Crippen molar-refractivity contribution in [3.05, 3.63) is 16.6 Å². The van der Waals surface area contributed by atoms with Crippen molar-refractivity contribution in [1.82, 2.24) is 4.98 Å². The van der Waals surface area contributed by atoms with Crippen molar-refractivity contribution in [1.29, 1.82) is 0 Å². The van der Waals surface area contributed by atoms with Crippen LogP contribution in [-0.2, 0) is 4.79 Å². The molecular weight excluding hydrogens is 234 g/mol. The van der Waals surface area contributed by atoms with Gasteiger partial charge in [0.1, 0.15) is 0 Å². The van der Waals surface area contributed by atoms with E-state index in [0.717, 1.165) is 28.8 Å². The SMILES string of the molecule is Cc1nc(N2CCCCC2)sc1/C=C\C(N)=O. The smallest absolute Gasteiger partial charge is 0.241 e. The molecule has 0 aromatic carbocycles. The first-order chi connectivity index (χ1) is 8.16. The number of thiazole rings is 1. The molecule has 0 unspecified atom stereocenters. The number of anilines is 1. The number of aryl methyl sites for hydroxylation is 1. The molecule has 2 rings (SSSR count). The molecule has 2 N–H and O–H groups in total. The van der Waals surface area contributed by atoms with Crippen LogP contribution in [0.2, 0.25) is 0 Å². The van der Waals surface area contributed by atoms with Crippen LogP contribution in [0.5, 0.6) is 0 Å². The van der Waals surface area contributed by atoms with Gasteiger partial charge in [-0.2, -0.15) is 0 Å². The second-order valence-electron chi connectivity index (χ2n) is 4.23. The Hall–Kier alpha value is -1.36. The minimum atomic E-state index is -0.419. The maximum Gasteiger partial charge on any atom is 0.241 e. The third-order valence-electron chi connectivity index (χ3n) is 2.85. The molecule has 2 heterocycles. The van der Waals surface area contributed by atoms with Crippen molar-refractivity contribution in [2.45, 2.75) is 26.2 Å². The van der Waals surface area contributed by atoms with Gasteiger partial charge in [0.2, 0.25) is 5.91 Å². The highest BCUT2D eigenvalue weighted by Gasteiger charge is 2.15. The number of hydrogen-bond acceptors (Lipinski definition) is 4. The molecule has 0 radical (unpaired) electrons. The molecule has 1 aliphatic heterocycles. The van der Waals surface area contributed by atoms with E-state index in [2.05, 4.69) is 9.88 Å². The number of primary amides is 1. The Morgan fingerprint density at radius 1 is 1.41 bits per heavy atom. The summed E-state index contributed by atoms with van der Waals surface area (Å²) in [4.78, 5) is 18.6. The highest BCUT2D eigenvalue weighted by Crippen LogP contribution is 2.28. The Kier molecular flexibility index (Phi) is 3.78. The lowest BCUT2D eigenvalue weighted by Gasteiger charge is -2.25. The monoisotopic (exact) mass is 251 g/mol. The fraction of sp³-hybridized carbons (Fsp3) is 0.500. The summed E-state index contributed by atoms with van der Waals surface area (Å²) >= 11 is 1.63. The molecule has 0 bridgehead atoms. The largest absolute Gasteiger partial charge is 0.366 e. The third-order valence-corrected chi connectivity index (χ3v) is 4.03. The van der Waals surface area contributed by atoms with Gasteiger partial charge in [0, 0.05) is 19.2 Å². The van der Waals surface area contributed by atoms with E-state index >= 15 is 0 Å². The first-order valence-electron chi connectivity index (χ1n) is 5.87. The van der Waals surface area contributed by atoms with Crippen molar-refractivity contribution in [2.24, 2.45) is 5.73 Å². The summed E-state index contributed by atoms with van der Waals surface area (Å²) in [6.07, 6.45) is 6.94. The molecule has 92 valence electrons. The Morgan fingerprint density at radius 2 is 2.12 bits per heavy atom. The number of piperidine rings is 1. The van der Waals surface area contributed by atoms with Gasteiger partial charge < -0.3 is 10.6 Å². The van der Waals surface area contributed by atoms with Crippen molar-refractivity contribution in [2.75, 3.05) is 18.0 Å². The van der Waals surface area contributed by atoms with Gasteiger partial charge in [-0.05, 0) is 32.3 Å². The Bertz CT molecular complexity index is 433. The first-order valence-corrected chi connectivity index (χ1v) is 6.68. The minimum Gasteiger partial charge on any atom is -0.366 e. The molecule has 1 fully saturated rings. The number of nitrogens with two attached hydrogens (primary N) is 1. The number of carbonyl (C=O) groups is 1. The summed E-state index contributed by atoms with van der Waals surface area (Å²) in [5, 5.41) is 1.06. The molecule has 0 saturated carbocycles. The van der Waals surface area contributed by atoms with E-state index in [9.17, 15) is 4.79 Å². The zero-order valence-corrected chi connectivity index (χ0v) is 10.8. The van der Waals surface area contributed by atoms with E-state index < -0.39 is 5.91 Å². The van der Waals surface area contributed by atoms with E-state index in [-0.39, 0.29) is 0 Å². The first kappa shape index (κ1) is 12.1. The maximum absolute atomic E-state index is 10.7. The van der Waals surface area contributed by atoms with Crippen LogP contribution in [0.1, 0.15) is 29.8 Å². The lowest BCUT2D eigenvalue weighted by atomic mass is 10.1. The van der Waals surface area contributed by atoms with E-state index in [1.165, 1.54) is 25.3 Å². The molecule has 0 aliphatic carbocycles. The summed E-state index contributed by atoms with van der Waals surface area (Å²) in [5.74, 6) is -0.419. The van der Waals surface area contributed by atoms with Gasteiger partial charge in [0.05, 0.1) is 10.6 Å². The van der Waals surface area contributed by atoms with Gasteiger partial charge in [-0.25, -0.2) is 4.98 Å². The Morgan fingerprint density at radius 3 is 2.76 bits per heavy atom. The average molecular weight is 251 g/mol. The second-order valence-corrected chi connectivity index (χ2v) is 5.24. The zero-order valence-electron chi connectivity index (χ0n) is 9.98. The van der Waals surface area contributed by atoms with Gasteiger partial charge >= 0.3 is 0 Å². The molecular formula is C12H17N3OS. The molecule has 1 aromatic rings. The highest BCUT2D eigenvalue weighted by molar-refractivity contribution is 7.16. The van der Waals surface area contributed by atoms with Crippen molar-refractivity contribution in [3.63, 3.8) is 0 Å². The average Bonchev–Trinajstić information content (AvgIpc) is 2.69. The minimum absolute atomic E-state index is 0.419. The van der Waals surface area contributed by atoms with Gasteiger partial charge in [0.15, 0.2) is 5.13 Å². The highest BCUT2D eigenvalue weighted by atomic mass is 32.1. The van der Waals surface area contributed by atoms with Crippen LogP contribution in [0.3, 0.4) is 0 Å². The van der Waals surface area contributed by atoms with Crippen LogP contribution in [-0.4, -0.2) is 24.0 Å². The number of amides is 1. The zero-order chi connectivity index (χ0) is 12.3. The quantitative estimate of drug-likeness (QED) is 0.835. The Balaban J connectivity index is 2.14. The van der Waals surface area contributed by atoms with Crippen molar-refractivity contribution in [3.8, 4) is 0 Å². The van der Waals surface area contributed by atoms with Gasteiger partial charge in [0.25, 0.3) is 0 Å². The van der Waals surface area contributed by atoms with Crippen molar-refractivity contribution >= 4 is 28.5 Å². The van der Waals surface area contributed by atoms with E-state index in [1.54, 1.807) is 17.4 Å². The van der Waals surface area contributed by atoms with Crippen molar-refractivity contribution < 1.29 is 4.79 Å². The number of aromatic nitrogens is 1. The summed E-state index contributed by atoms with van der Waals surface area (Å²) in [6.45, 7) is 4.14. The van der Waals surface area contributed by atoms with Crippen LogP contribution in [0.4, 0.5) is 5.13 Å².